The maximum Gasteiger partial charge on any atom is 0.225 e. The van der Waals surface area contributed by atoms with Crippen molar-refractivity contribution in [1.29, 1.82) is 0 Å². The van der Waals surface area contributed by atoms with Gasteiger partial charge in [-0.05, 0) is 44.7 Å². The molecule has 1 aliphatic carbocycles. The molecule has 1 N–H and O–H groups in total. The van der Waals surface area contributed by atoms with Gasteiger partial charge in [0.1, 0.15) is 5.03 Å². The number of carbonyl (C=O) groups is 1. The minimum absolute atomic E-state index is 0.0289. The Morgan fingerprint density at radius 2 is 1.73 bits per heavy atom. The van der Waals surface area contributed by atoms with Crippen LogP contribution in [0.2, 0.25) is 0 Å². The molecule has 2 aromatic rings. The highest BCUT2D eigenvalue weighted by Crippen LogP contribution is 2.34. The van der Waals surface area contributed by atoms with Crippen LogP contribution in [0.15, 0.2) is 46.6 Å². The molecule has 1 atom stereocenters. The molecule has 0 radical (unpaired) electrons. The number of piperidine rings is 1. The van der Waals surface area contributed by atoms with Crippen LogP contribution in [-0.4, -0.2) is 35.0 Å². The van der Waals surface area contributed by atoms with E-state index in [0.29, 0.717) is 6.04 Å². The van der Waals surface area contributed by atoms with E-state index < -0.39 is 0 Å². The number of nitrogens with zero attached hydrogens (tertiary/aromatic N) is 3. The van der Waals surface area contributed by atoms with Gasteiger partial charge in [-0.3, -0.25) is 4.79 Å². The van der Waals surface area contributed by atoms with Gasteiger partial charge in [-0.2, -0.15) is 0 Å². The third-order valence-electron chi connectivity index (χ3n) is 6.18. The molecule has 4 rings (SSSR count). The van der Waals surface area contributed by atoms with Crippen LogP contribution in [0, 0.1) is 12.8 Å². The largest absolute Gasteiger partial charge is 0.354 e. The third kappa shape index (κ3) is 5.54. The third-order valence-corrected chi connectivity index (χ3v) is 7.16. The van der Waals surface area contributed by atoms with E-state index in [2.05, 4.69) is 51.4 Å². The number of nitrogens with one attached hydrogen (secondary N) is 1. The average Bonchev–Trinajstić information content (AvgIpc) is 3.04. The maximum atomic E-state index is 13.0. The van der Waals surface area contributed by atoms with Crippen molar-refractivity contribution in [2.75, 3.05) is 18.0 Å². The SMILES string of the molecule is Cc1ccc(Sc2nccnc2N2CCCC(C(=O)NC3CCCCCC3)C2)cc1. The van der Waals surface area contributed by atoms with Crippen LogP contribution in [0.5, 0.6) is 0 Å². The van der Waals surface area contributed by atoms with Crippen LogP contribution >= 0.6 is 11.8 Å². The van der Waals surface area contributed by atoms with Crippen molar-refractivity contribution in [2.45, 2.75) is 74.3 Å². The Balaban J connectivity index is 1.42. The molecule has 0 bridgehead atoms. The Kier molecular flexibility index (Phi) is 7.26. The molecule has 160 valence electrons. The van der Waals surface area contributed by atoms with Crippen LogP contribution < -0.4 is 10.2 Å². The number of aromatic nitrogens is 2. The molecule has 1 aliphatic heterocycles. The minimum atomic E-state index is 0.0289. The molecular formula is C24H32N4OS. The normalized spacial score (nSPS) is 20.6. The summed E-state index contributed by atoms with van der Waals surface area (Å²) in [5.41, 5.74) is 1.25. The van der Waals surface area contributed by atoms with Gasteiger partial charge in [0.2, 0.25) is 5.91 Å². The van der Waals surface area contributed by atoms with E-state index in [-0.39, 0.29) is 11.8 Å². The highest BCUT2D eigenvalue weighted by Gasteiger charge is 2.29. The number of carbonyl (C=O) groups excluding carboxylic acids is 1. The Hall–Kier alpha value is -2.08. The summed E-state index contributed by atoms with van der Waals surface area (Å²) in [6.07, 6.45) is 12.8. The summed E-state index contributed by atoms with van der Waals surface area (Å²) < 4.78 is 0. The lowest BCUT2D eigenvalue weighted by Crippen LogP contribution is -2.46. The summed E-state index contributed by atoms with van der Waals surface area (Å²) in [6, 6.07) is 8.84. The molecule has 2 aliphatic rings. The second-order valence-corrected chi connectivity index (χ2v) is 9.64. The number of anilines is 1. The molecule has 5 nitrogen and oxygen atoms in total. The summed E-state index contributed by atoms with van der Waals surface area (Å²) in [5.74, 6) is 1.15. The van der Waals surface area contributed by atoms with Crippen molar-refractivity contribution >= 4 is 23.5 Å². The second-order valence-electron chi connectivity index (χ2n) is 8.58. The summed E-state index contributed by atoms with van der Waals surface area (Å²) in [7, 11) is 0. The van der Waals surface area contributed by atoms with Crippen LogP contribution in [0.1, 0.15) is 56.9 Å². The van der Waals surface area contributed by atoms with Crippen LogP contribution in [0.4, 0.5) is 5.82 Å². The topological polar surface area (TPSA) is 58.1 Å². The van der Waals surface area contributed by atoms with E-state index >= 15 is 0 Å². The molecule has 1 saturated heterocycles. The molecule has 6 heteroatoms. The van der Waals surface area contributed by atoms with Crippen molar-refractivity contribution in [3.8, 4) is 0 Å². The molecule has 1 saturated carbocycles. The fraction of sp³-hybridized carbons (Fsp3) is 0.542. The summed E-state index contributed by atoms with van der Waals surface area (Å²) in [5, 5.41) is 4.26. The molecular weight excluding hydrogens is 392 g/mol. The van der Waals surface area contributed by atoms with Gasteiger partial charge in [0.05, 0.1) is 5.92 Å². The Labute approximate surface area is 184 Å². The first-order chi connectivity index (χ1) is 14.7. The first-order valence-corrected chi connectivity index (χ1v) is 12.1. The zero-order valence-corrected chi connectivity index (χ0v) is 18.7. The number of hydrogen-bond acceptors (Lipinski definition) is 5. The van der Waals surface area contributed by atoms with Crippen LogP contribution in [-0.2, 0) is 4.79 Å². The zero-order chi connectivity index (χ0) is 20.8. The van der Waals surface area contributed by atoms with E-state index in [1.54, 1.807) is 24.2 Å². The van der Waals surface area contributed by atoms with Gasteiger partial charge >= 0.3 is 0 Å². The molecule has 30 heavy (non-hydrogen) atoms. The number of hydrogen-bond donors (Lipinski definition) is 1. The van der Waals surface area contributed by atoms with Crippen LogP contribution in [0.25, 0.3) is 0 Å². The van der Waals surface area contributed by atoms with E-state index in [0.717, 1.165) is 54.5 Å². The van der Waals surface area contributed by atoms with Crippen molar-refractivity contribution in [3.63, 3.8) is 0 Å². The predicted molar refractivity (Wildman–Crippen MR) is 122 cm³/mol. The Bertz CT molecular complexity index is 833. The van der Waals surface area contributed by atoms with Gasteiger partial charge in [-0.15, -0.1) is 0 Å². The average molecular weight is 425 g/mol. The molecule has 1 aromatic carbocycles. The van der Waals surface area contributed by atoms with Gasteiger partial charge in [0, 0.05) is 36.4 Å². The Morgan fingerprint density at radius 3 is 2.50 bits per heavy atom. The first kappa shape index (κ1) is 21.2. The van der Waals surface area contributed by atoms with Gasteiger partial charge in [0.15, 0.2) is 5.82 Å². The fourth-order valence-electron chi connectivity index (χ4n) is 4.45. The molecule has 1 aromatic heterocycles. The standard InChI is InChI=1S/C24H32N4OS/c1-18-10-12-21(13-11-18)30-24-22(25-14-15-26-24)28-16-6-7-19(17-28)23(29)27-20-8-4-2-3-5-9-20/h10-15,19-20H,2-9,16-17H2,1H3,(H,27,29). The monoisotopic (exact) mass is 424 g/mol. The van der Waals surface area contributed by atoms with E-state index in [9.17, 15) is 4.79 Å². The zero-order valence-electron chi connectivity index (χ0n) is 17.8. The minimum Gasteiger partial charge on any atom is -0.354 e. The smallest absolute Gasteiger partial charge is 0.225 e. The molecule has 1 amide bonds. The summed E-state index contributed by atoms with van der Waals surface area (Å²) in [6.45, 7) is 3.74. The lowest BCUT2D eigenvalue weighted by molar-refractivity contribution is -0.126. The maximum absolute atomic E-state index is 13.0. The second kappa shape index (κ2) is 10.3. The van der Waals surface area contributed by atoms with Crippen molar-refractivity contribution < 1.29 is 4.79 Å². The lowest BCUT2D eigenvalue weighted by atomic mass is 9.96. The van der Waals surface area contributed by atoms with Crippen molar-refractivity contribution in [1.82, 2.24) is 15.3 Å². The highest BCUT2D eigenvalue weighted by molar-refractivity contribution is 7.99. The van der Waals surface area contributed by atoms with E-state index in [1.807, 2.05) is 0 Å². The first-order valence-electron chi connectivity index (χ1n) is 11.3. The molecule has 2 heterocycles. The summed E-state index contributed by atoms with van der Waals surface area (Å²) >= 11 is 1.64. The fourth-order valence-corrected chi connectivity index (χ4v) is 5.33. The lowest BCUT2D eigenvalue weighted by Gasteiger charge is -2.34. The highest BCUT2D eigenvalue weighted by atomic mass is 32.2. The van der Waals surface area contributed by atoms with E-state index in [1.165, 1.54) is 31.2 Å². The number of benzene rings is 1. The van der Waals surface area contributed by atoms with Gasteiger partial charge < -0.3 is 10.2 Å². The molecule has 0 spiro atoms. The quantitative estimate of drug-likeness (QED) is 0.685. The Morgan fingerprint density at radius 1 is 1.00 bits per heavy atom. The van der Waals surface area contributed by atoms with Crippen LogP contribution in [0.3, 0.4) is 0 Å². The van der Waals surface area contributed by atoms with Gasteiger partial charge in [0.25, 0.3) is 0 Å². The van der Waals surface area contributed by atoms with E-state index in [4.69, 9.17) is 0 Å². The van der Waals surface area contributed by atoms with Gasteiger partial charge in [-0.25, -0.2) is 9.97 Å². The van der Waals surface area contributed by atoms with Gasteiger partial charge in [-0.1, -0.05) is 55.1 Å². The molecule has 1 unspecified atom stereocenters. The number of amides is 1. The summed E-state index contributed by atoms with van der Waals surface area (Å²) in [4.78, 5) is 25.6. The number of rotatable bonds is 5. The number of aryl methyl sites for hydroxylation is 1. The molecule has 2 fully saturated rings. The van der Waals surface area contributed by atoms with Crippen molar-refractivity contribution in [2.24, 2.45) is 5.92 Å². The predicted octanol–water partition coefficient (Wildman–Crippen LogP) is 4.99. The van der Waals surface area contributed by atoms with Crippen molar-refractivity contribution in [3.05, 3.63) is 42.2 Å².